The lowest BCUT2D eigenvalue weighted by molar-refractivity contribution is -0.384. The summed E-state index contributed by atoms with van der Waals surface area (Å²) in [6, 6.07) is 11.9. The molecule has 0 saturated heterocycles. The standard InChI is InChI=1S/C16H12N2O5S/c1-24(22,23)17-10-14(13-7-2-3-8-15(13)17)16(19)11-5-4-6-12(9-11)18(20)21/h2-10H,1H3. The summed E-state index contributed by atoms with van der Waals surface area (Å²) in [6.45, 7) is 0. The lowest BCUT2D eigenvalue weighted by Crippen LogP contribution is -2.08. The van der Waals surface area contributed by atoms with Gasteiger partial charge in [0.25, 0.3) is 5.69 Å². The van der Waals surface area contributed by atoms with Crippen LogP contribution in [0, 0.1) is 10.1 Å². The minimum atomic E-state index is -3.59. The number of hydrogen-bond donors (Lipinski definition) is 0. The molecule has 0 N–H and O–H groups in total. The van der Waals surface area contributed by atoms with Crippen LogP contribution in [0.3, 0.4) is 0 Å². The van der Waals surface area contributed by atoms with Gasteiger partial charge in [-0.1, -0.05) is 30.3 Å². The normalized spacial score (nSPS) is 11.5. The molecule has 0 radical (unpaired) electrons. The molecule has 3 rings (SSSR count). The number of nitrogens with zero attached hydrogens (tertiary/aromatic N) is 2. The van der Waals surface area contributed by atoms with E-state index in [9.17, 15) is 23.3 Å². The molecule has 7 nitrogen and oxygen atoms in total. The average Bonchev–Trinajstić information content (AvgIpc) is 2.94. The molecule has 0 aliphatic carbocycles. The zero-order valence-electron chi connectivity index (χ0n) is 12.5. The Bertz CT molecular complexity index is 1080. The lowest BCUT2D eigenvalue weighted by atomic mass is 10.0. The molecule has 1 aromatic heterocycles. The van der Waals surface area contributed by atoms with Crippen molar-refractivity contribution in [2.24, 2.45) is 0 Å². The number of carbonyl (C=O) groups excluding carboxylic acids is 1. The molecule has 0 aliphatic heterocycles. The molecule has 2 aromatic carbocycles. The van der Waals surface area contributed by atoms with Gasteiger partial charge < -0.3 is 0 Å². The highest BCUT2D eigenvalue weighted by Gasteiger charge is 2.21. The van der Waals surface area contributed by atoms with E-state index in [1.807, 2.05) is 0 Å². The van der Waals surface area contributed by atoms with Crippen LogP contribution in [0.1, 0.15) is 15.9 Å². The molecular formula is C16H12N2O5S. The van der Waals surface area contributed by atoms with Crippen molar-refractivity contribution in [3.05, 3.63) is 76.0 Å². The van der Waals surface area contributed by atoms with Crippen molar-refractivity contribution in [2.45, 2.75) is 0 Å². The second kappa shape index (κ2) is 5.57. The number of benzene rings is 2. The maximum absolute atomic E-state index is 12.7. The molecular weight excluding hydrogens is 332 g/mol. The molecule has 0 fully saturated rings. The van der Waals surface area contributed by atoms with Crippen LogP contribution < -0.4 is 0 Å². The van der Waals surface area contributed by atoms with Crippen LogP contribution in [0.5, 0.6) is 0 Å². The summed E-state index contributed by atoms with van der Waals surface area (Å²) in [5.41, 5.74) is 0.485. The first-order chi connectivity index (χ1) is 11.3. The fraction of sp³-hybridized carbons (Fsp3) is 0.0625. The van der Waals surface area contributed by atoms with Crippen molar-refractivity contribution in [3.63, 3.8) is 0 Å². The van der Waals surface area contributed by atoms with Gasteiger partial charge in [-0.05, 0) is 6.07 Å². The number of rotatable bonds is 4. The molecule has 1 heterocycles. The van der Waals surface area contributed by atoms with Gasteiger partial charge in [-0.2, -0.15) is 0 Å². The smallest absolute Gasteiger partial charge is 0.270 e. The van der Waals surface area contributed by atoms with Crippen LogP contribution in [0.2, 0.25) is 0 Å². The summed E-state index contributed by atoms with van der Waals surface area (Å²) < 4.78 is 24.9. The Hall–Kier alpha value is -3.00. The molecule has 3 aromatic rings. The number of para-hydroxylation sites is 1. The number of aromatic nitrogens is 1. The highest BCUT2D eigenvalue weighted by Crippen LogP contribution is 2.26. The number of nitro groups is 1. The first kappa shape index (κ1) is 15.9. The highest BCUT2D eigenvalue weighted by molar-refractivity contribution is 7.89. The van der Waals surface area contributed by atoms with E-state index in [1.54, 1.807) is 24.3 Å². The van der Waals surface area contributed by atoms with Crippen LogP contribution >= 0.6 is 0 Å². The van der Waals surface area contributed by atoms with Crippen LogP contribution in [0.15, 0.2) is 54.7 Å². The first-order valence-electron chi connectivity index (χ1n) is 6.89. The Balaban J connectivity index is 2.22. The zero-order chi connectivity index (χ0) is 17.5. The van der Waals surface area contributed by atoms with Gasteiger partial charge in [-0.25, -0.2) is 12.4 Å². The monoisotopic (exact) mass is 344 g/mol. The van der Waals surface area contributed by atoms with Gasteiger partial charge in [-0.15, -0.1) is 0 Å². The molecule has 0 atom stereocenters. The second-order valence-corrected chi connectivity index (χ2v) is 7.11. The van der Waals surface area contributed by atoms with E-state index in [-0.39, 0.29) is 16.8 Å². The Morgan fingerprint density at radius 1 is 1.12 bits per heavy atom. The predicted octanol–water partition coefficient (Wildman–Crippen LogP) is 2.59. The number of ketones is 1. The number of carbonyl (C=O) groups is 1. The average molecular weight is 344 g/mol. The lowest BCUT2D eigenvalue weighted by Gasteiger charge is -2.00. The molecule has 0 aliphatic rings. The van der Waals surface area contributed by atoms with E-state index >= 15 is 0 Å². The van der Waals surface area contributed by atoms with Gasteiger partial charge in [0.15, 0.2) is 5.78 Å². The third kappa shape index (κ3) is 2.67. The molecule has 0 saturated carbocycles. The minimum absolute atomic E-state index is 0.126. The van der Waals surface area contributed by atoms with Gasteiger partial charge in [0, 0.05) is 34.8 Å². The summed E-state index contributed by atoms with van der Waals surface area (Å²) in [7, 11) is -3.59. The van der Waals surface area contributed by atoms with Gasteiger partial charge in [0.2, 0.25) is 10.0 Å². The first-order valence-corrected chi connectivity index (χ1v) is 8.73. The van der Waals surface area contributed by atoms with Crippen LogP contribution in [-0.4, -0.2) is 29.4 Å². The molecule has 122 valence electrons. The van der Waals surface area contributed by atoms with Crippen LogP contribution in [0.4, 0.5) is 5.69 Å². The third-order valence-corrected chi connectivity index (χ3v) is 4.62. The Labute approximate surface area is 137 Å². The molecule has 0 amide bonds. The van der Waals surface area contributed by atoms with Gasteiger partial charge >= 0.3 is 0 Å². The van der Waals surface area contributed by atoms with Crippen molar-refractivity contribution in [3.8, 4) is 0 Å². The topological polar surface area (TPSA) is 99.3 Å². The number of non-ortho nitro benzene ring substituents is 1. The summed E-state index contributed by atoms with van der Waals surface area (Å²) in [4.78, 5) is 23.0. The molecule has 24 heavy (non-hydrogen) atoms. The van der Waals surface area contributed by atoms with E-state index in [0.29, 0.717) is 10.9 Å². The van der Waals surface area contributed by atoms with E-state index in [1.165, 1.54) is 30.5 Å². The van der Waals surface area contributed by atoms with Gasteiger partial charge in [-0.3, -0.25) is 14.9 Å². The van der Waals surface area contributed by atoms with Crippen molar-refractivity contribution in [1.29, 1.82) is 0 Å². The Kier molecular flexibility index (Phi) is 3.69. The molecule has 0 unspecified atom stereocenters. The number of fused-ring (bicyclic) bond motifs is 1. The highest BCUT2D eigenvalue weighted by atomic mass is 32.2. The Morgan fingerprint density at radius 3 is 2.50 bits per heavy atom. The van der Waals surface area contributed by atoms with Crippen molar-refractivity contribution in [1.82, 2.24) is 3.97 Å². The maximum Gasteiger partial charge on any atom is 0.270 e. The number of hydrogen-bond acceptors (Lipinski definition) is 5. The van der Waals surface area contributed by atoms with E-state index in [0.717, 1.165) is 10.2 Å². The summed E-state index contributed by atoms with van der Waals surface area (Å²) in [6.07, 6.45) is 2.29. The van der Waals surface area contributed by atoms with Gasteiger partial charge in [0.05, 0.1) is 16.7 Å². The van der Waals surface area contributed by atoms with Crippen LogP contribution in [-0.2, 0) is 10.0 Å². The molecule has 0 spiro atoms. The predicted molar refractivity (Wildman–Crippen MR) is 88.7 cm³/mol. The summed E-state index contributed by atoms with van der Waals surface area (Å²) in [5.74, 6) is -0.475. The van der Waals surface area contributed by atoms with E-state index in [2.05, 4.69) is 0 Å². The third-order valence-electron chi connectivity index (χ3n) is 3.60. The maximum atomic E-state index is 12.7. The second-order valence-electron chi connectivity index (χ2n) is 5.26. The molecule has 0 bridgehead atoms. The summed E-state index contributed by atoms with van der Waals surface area (Å²) in [5, 5.41) is 11.3. The number of nitro benzene ring substituents is 1. The largest absolute Gasteiger partial charge is 0.289 e. The van der Waals surface area contributed by atoms with Crippen molar-refractivity contribution < 1.29 is 18.1 Å². The SMILES string of the molecule is CS(=O)(=O)n1cc(C(=O)c2cccc([N+](=O)[O-])c2)c2ccccc21. The zero-order valence-corrected chi connectivity index (χ0v) is 13.4. The van der Waals surface area contributed by atoms with E-state index < -0.39 is 20.7 Å². The van der Waals surface area contributed by atoms with Gasteiger partial charge in [0.1, 0.15) is 0 Å². The Morgan fingerprint density at radius 2 is 1.83 bits per heavy atom. The fourth-order valence-corrected chi connectivity index (χ4v) is 3.33. The molecule has 8 heteroatoms. The fourth-order valence-electron chi connectivity index (χ4n) is 2.52. The van der Waals surface area contributed by atoms with Crippen LogP contribution in [0.25, 0.3) is 10.9 Å². The van der Waals surface area contributed by atoms with Crippen molar-refractivity contribution in [2.75, 3.05) is 6.26 Å². The van der Waals surface area contributed by atoms with Crippen molar-refractivity contribution >= 4 is 32.4 Å². The summed E-state index contributed by atoms with van der Waals surface area (Å²) >= 11 is 0. The van der Waals surface area contributed by atoms with E-state index in [4.69, 9.17) is 0 Å². The minimum Gasteiger partial charge on any atom is -0.289 e. The quantitative estimate of drug-likeness (QED) is 0.411.